The molecule has 1 saturated carbocycles. The molecule has 5 nitrogen and oxygen atoms in total. The van der Waals surface area contributed by atoms with Crippen molar-refractivity contribution in [3.05, 3.63) is 47.1 Å². The van der Waals surface area contributed by atoms with Crippen molar-refractivity contribution in [2.45, 2.75) is 29.8 Å². The molecule has 1 heterocycles. The number of hydrogen-bond donors (Lipinski definition) is 1. The Labute approximate surface area is 129 Å². The van der Waals surface area contributed by atoms with Crippen LogP contribution in [0.4, 0.5) is 0 Å². The van der Waals surface area contributed by atoms with Gasteiger partial charge in [0.25, 0.3) is 10.0 Å². The number of sulfonamides is 1. The van der Waals surface area contributed by atoms with Crippen LogP contribution in [-0.4, -0.2) is 24.2 Å². The van der Waals surface area contributed by atoms with Crippen molar-refractivity contribution in [2.24, 2.45) is 7.05 Å². The van der Waals surface area contributed by atoms with E-state index in [1.165, 1.54) is 22.5 Å². The van der Waals surface area contributed by atoms with Gasteiger partial charge < -0.3 is 0 Å². The summed E-state index contributed by atoms with van der Waals surface area (Å²) in [6.45, 7) is 0. The van der Waals surface area contributed by atoms with Gasteiger partial charge in [0, 0.05) is 18.1 Å². The van der Waals surface area contributed by atoms with E-state index in [0.717, 1.165) is 12.8 Å². The van der Waals surface area contributed by atoms with E-state index in [4.69, 9.17) is 11.6 Å². The van der Waals surface area contributed by atoms with E-state index in [1.54, 1.807) is 7.05 Å². The summed E-state index contributed by atoms with van der Waals surface area (Å²) in [4.78, 5) is 0. The Bertz CT molecular complexity index is 734. The molecule has 21 heavy (non-hydrogen) atoms. The molecule has 1 fully saturated rings. The number of benzene rings is 1. The highest BCUT2D eigenvalue weighted by atomic mass is 35.5. The smallest absolute Gasteiger partial charge is 0.256 e. The van der Waals surface area contributed by atoms with E-state index in [9.17, 15) is 8.42 Å². The highest BCUT2D eigenvalue weighted by Crippen LogP contribution is 2.37. The third kappa shape index (κ3) is 2.97. The van der Waals surface area contributed by atoms with Crippen molar-refractivity contribution >= 4 is 21.6 Å². The summed E-state index contributed by atoms with van der Waals surface area (Å²) in [7, 11) is -1.87. The maximum atomic E-state index is 12.2. The first-order valence-electron chi connectivity index (χ1n) is 6.71. The molecule has 0 aliphatic heterocycles. The van der Waals surface area contributed by atoms with Crippen molar-refractivity contribution in [1.29, 1.82) is 0 Å². The number of rotatable bonds is 4. The lowest BCUT2D eigenvalue weighted by Gasteiger charge is -2.35. The van der Waals surface area contributed by atoms with Crippen LogP contribution in [0, 0.1) is 0 Å². The Morgan fingerprint density at radius 2 is 1.90 bits per heavy atom. The predicted octanol–water partition coefficient (Wildman–Crippen LogP) is 2.30. The molecule has 2 aromatic rings. The maximum absolute atomic E-state index is 12.2. The molecule has 1 aromatic heterocycles. The molecule has 1 N–H and O–H groups in total. The molecule has 0 unspecified atom stereocenters. The van der Waals surface area contributed by atoms with Crippen molar-refractivity contribution in [1.82, 2.24) is 14.5 Å². The molecule has 1 aliphatic carbocycles. The van der Waals surface area contributed by atoms with Crippen LogP contribution >= 0.6 is 11.6 Å². The molecule has 0 radical (unpaired) electrons. The minimum atomic E-state index is -3.49. The molecule has 0 atom stereocenters. The predicted molar refractivity (Wildman–Crippen MR) is 80.7 cm³/mol. The van der Waals surface area contributed by atoms with Crippen LogP contribution in [0.5, 0.6) is 0 Å². The Hall–Kier alpha value is -1.37. The van der Waals surface area contributed by atoms with Crippen molar-refractivity contribution in [2.75, 3.05) is 0 Å². The highest BCUT2D eigenvalue weighted by molar-refractivity contribution is 7.89. The van der Waals surface area contributed by atoms with Crippen LogP contribution in [0.25, 0.3) is 0 Å². The number of aromatic nitrogens is 2. The molecule has 7 heteroatoms. The van der Waals surface area contributed by atoms with Gasteiger partial charge in [-0.05, 0) is 42.5 Å². The summed E-state index contributed by atoms with van der Waals surface area (Å²) in [6.07, 6.45) is 3.09. The zero-order valence-corrected chi connectivity index (χ0v) is 13.1. The van der Waals surface area contributed by atoms with Crippen LogP contribution in [0.1, 0.15) is 24.3 Å². The van der Waals surface area contributed by atoms with Gasteiger partial charge >= 0.3 is 0 Å². The lowest BCUT2D eigenvalue weighted by molar-refractivity contribution is 0.325. The van der Waals surface area contributed by atoms with Crippen molar-refractivity contribution < 1.29 is 8.42 Å². The zero-order valence-electron chi connectivity index (χ0n) is 11.5. The van der Waals surface area contributed by atoms with Gasteiger partial charge in [0.05, 0.1) is 6.20 Å². The first-order valence-corrected chi connectivity index (χ1v) is 8.57. The molecule has 1 aliphatic rings. The van der Waals surface area contributed by atoms with Crippen molar-refractivity contribution in [3.63, 3.8) is 0 Å². The van der Waals surface area contributed by atoms with Gasteiger partial charge in [-0.1, -0.05) is 23.7 Å². The Morgan fingerprint density at radius 3 is 2.48 bits per heavy atom. The fourth-order valence-corrected chi connectivity index (χ4v) is 4.14. The molecule has 0 bridgehead atoms. The number of halogens is 1. The average Bonchev–Trinajstić information content (AvgIpc) is 2.82. The number of aryl methyl sites for hydroxylation is 1. The Kier molecular flexibility index (Phi) is 3.77. The fourth-order valence-electron chi connectivity index (χ4n) is 2.63. The van der Waals surface area contributed by atoms with Crippen LogP contribution in [0.2, 0.25) is 5.02 Å². The van der Waals surface area contributed by atoms with Gasteiger partial charge in [-0.2, -0.15) is 5.10 Å². The second-order valence-corrected chi connectivity index (χ2v) is 7.43. The lowest BCUT2D eigenvalue weighted by Crippen LogP contribution is -2.43. The number of nitrogens with zero attached hydrogens (tertiary/aromatic N) is 2. The minimum Gasteiger partial charge on any atom is -0.256 e. The van der Waals surface area contributed by atoms with Crippen LogP contribution in [0.3, 0.4) is 0 Å². The first-order chi connectivity index (χ1) is 9.95. The largest absolute Gasteiger partial charge is 0.257 e. The quantitative estimate of drug-likeness (QED) is 0.938. The van der Waals surface area contributed by atoms with E-state index >= 15 is 0 Å². The maximum Gasteiger partial charge on any atom is 0.257 e. The van der Waals surface area contributed by atoms with E-state index in [0.29, 0.717) is 10.9 Å². The van der Waals surface area contributed by atoms with E-state index < -0.39 is 10.0 Å². The average molecular weight is 326 g/mol. The number of nitrogens with one attached hydrogen (secondary N) is 1. The van der Waals surface area contributed by atoms with Crippen molar-refractivity contribution in [3.8, 4) is 0 Å². The summed E-state index contributed by atoms with van der Waals surface area (Å²) in [5.41, 5.74) is 1.20. The van der Waals surface area contributed by atoms with Crippen LogP contribution in [0.15, 0.2) is 41.6 Å². The van der Waals surface area contributed by atoms with Gasteiger partial charge in [0.15, 0.2) is 5.03 Å². The fraction of sp³-hybridized carbons (Fsp3) is 0.357. The van der Waals surface area contributed by atoms with Gasteiger partial charge in [0.1, 0.15) is 0 Å². The molecule has 112 valence electrons. The van der Waals surface area contributed by atoms with E-state index in [2.05, 4.69) is 9.82 Å². The third-order valence-electron chi connectivity index (χ3n) is 3.85. The topological polar surface area (TPSA) is 64.0 Å². The monoisotopic (exact) mass is 325 g/mol. The lowest BCUT2D eigenvalue weighted by atomic mass is 9.76. The molecule has 0 amide bonds. The first kappa shape index (κ1) is 14.6. The van der Waals surface area contributed by atoms with Gasteiger partial charge in [-0.15, -0.1) is 0 Å². The second-order valence-electron chi connectivity index (χ2n) is 5.33. The number of hydrogen-bond acceptors (Lipinski definition) is 3. The third-order valence-corrected chi connectivity index (χ3v) is 5.70. The van der Waals surface area contributed by atoms with Gasteiger partial charge in [-0.3, -0.25) is 4.68 Å². The Morgan fingerprint density at radius 1 is 1.24 bits per heavy atom. The van der Waals surface area contributed by atoms with E-state index in [-0.39, 0.29) is 11.1 Å². The Balaban J connectivity index is 1.62. The summed E-state index contributed by atoms with van der Waals surface area (Å²) < 4.78 is 28.5. The molecule has 0 spiro atoms. The molecule has 0 saturated heterocycles. The minimum absolute atomic E-state index is 0.0226. The molecular weight excluding hydrogens is 310 g/mol. The summed E-state index contributed by atoms with van der Waals surface area (Å²) in [5.74, 6) is 0.390. The summed E-state index contributed by atoms with van der Waals surface area (Å²) in [5, 5.41) is 4.80. The van der Waals surface area contributed by atoms with Crippen LogP contribution < -0.4 is 4.72 Å². The molecular formula is C14H16ClN3O2S. The summed E-state index contributed by atoms with van der Waals surface area (Å²) in [6, 6.07) is 9.20. The normalized spacial score (nSPS) is 22.0. The highest BCUT2D eigenvalue weighted by Gasteiger charge is 2.34. The van der Waals surface area contributed by atoms with Gasteiger partial charge in [-0.25, -0.2) is 13.1 Å². The molecule has 3 rings (SSSR count). The van der Waals surface area contributed by atoms with E-state index in [1.807, 2.05) is 24.3 Å². The SMILES string of the molecule is Cn1nccc1S(=O)(=O)NC1CC(c2ccc(Cl)cc2)C1. The standard InChI is InChI=1S/C14H16ClN3O2S/c1-18-14(6-7-16-18)21(19,20)17-13-8-11(9-13)10-2-4-12(15)5-3-10/h2-7,11,13,17H,8-9H2,1H3. The zero-order chi connectivity index (χ0) is 15.0. The van der Waals surface area contributed by atoms with Crippen LogP contribution in [-0.2, 0) is 17.1 Å². The molecule has 1 aromatic carbocycles. The van der Waals surface area contributed by atoms with Gasteiger partial charge in [0.2, 0.25) is 0 Å². The second kappa shape index (κ2) is 5.44. The summed E-state index contributed by atoms with van der Waals surface area (Å²) >= 11 is 5.87.